The van der Waals surface area contributed by atoms with Crippen LogP contribution in [0.25, 0.3) is 5.69 Å². The van der Waals surface area contributed by atoms with E-state index in [0.717, 1.165) is 35.3 Å². The summed E-state index contributed by atoms with van der Waals surface area (Å²) in [5.74, 6) is 2.19. The molecule has 0 amide bonds. The first kappa shape index (κ1) is 21.2. The number of nitrogens with one attached hydrogen (secondary N) is 2. The molecule has 0 saturated carbocycles. The van der Waals surface area contributed by atoms with Crippen molar-refractivity contribution >= 4 is 5.96 Å². The van der Waals surface area contributed by atoms with Gasteiger partial charge in [0.2, 0.25) is 0 Å². The molecular weight excluding hydrogens is 378 g/mol. The number of hydrogen-bond acceptors (Lipinski definition) is 4. The molecular formula is C23H29N5O2. The molecule has 1 atom stereocenters. The van der Waals surface area contributed by atoms with Gasteiger partial charge in [0.15, 0.2) is 17.5 Å². The first-order valence-electron chi connectivity index (χ1n) is 10.1. The van der Waals surface area contributed by atoms with E-state index in [9.17, 15) is 0 Å². The Hall–Kier alpha value is -3.48. The number of benzene rings is 2. The standard InChI is InChI=1S/C23H29N5O2/c1-4-24-23(25-14-18(2)30-22-13-9-8-12-21(22)29-3)26-15-19-16-27-28(17-19)20-10-6-5-7-11-20/h5-13,16-18H,4,14-15H2,1-3H3,(H2,24,25,26). The Morgan fingerprint density at radius 1 is 1.07 bits per heavy atom. The van der Waals surface area contributed by atoms with Gasteiger partial charge in [-0.05, 0) is 38.1 Å². The van der Waals surface area contributed by atoms with Crippen LogP contribution in [-0.2, 0) is 6.54 Å². The first-order chi connectivity index (χ1) is 14.7. The molecule has 1 unspecified atom stereocenters. The molecule has 0 bridgehead atoms. The van der Waals surface area contributed by atoms with Gasteiger partial charge in [0, 0.05) is 18.3 Å². The van der Waals surface area contributed by atoms with Crippen molar-refractivity contribution in [2.24, 2.45) is 4.99 Å². The topological polar surface area (TPSA) is 72.7 Å². The van der Waals surface area contributed by atoms with Gasteiger partial charge in [0.1, 0.15) is 6.10 Å². The highest BCUT2D eigenvalue weighted by atomic mass is 16.5. The Bertz CT molecular complexity index is 940. The van der Waals surface area contributed by atoms with E-state index in [1.807, 2.05) is 85.5 Å². The number of ether oxygens (including phenoxy) is 2. The maximum atomic E-state index is 6.00. The van der Waals surface area contributed by atoms with Crippen LogP contribution in [0.4, 0.5) is 0 Å². The van der Waals surface area contributed by atoms with Crippen LogP contribution in [0.1, 0.15) is 19.4 Å². The third-order valence-corrected chi connectivity index (χ3v) is 4.37. The lowest BCUT2D eigenvalue weighted by Crippen LogP contribution is -2.41. The van der Waals surface area contributed by atoms with Gasteiger partial charge in [-0.3, -0.25) is 0 Å². The van der Waals surface area contributed by atoms with Crippen molar-refractivity contribution in [2.75, 3.05) is 20.2 Å². The largest absolute Gasteiger partial charge is 0.493 e. The van der Waals surface area contributed by atoms with E-state index in [4.69, 9.17) is 9.47 Å². The number of nitrogens with zero attached hydrogens (tertiary/aromatic N) is 3. The zero-order valence-corrected chi connectivity index (χ0v) is 17.7. The molecule has 3 aromatic rings. The van der Waals surface area contributed by atoms with Crippen LogP contribution in [0.2, 0.25) is 0 Å². The molecule has 2 aromatic carbocycles. The van der Waals surface area contributed by atoms with Crippen LogP contribution in [0.3, 0.4) is 0 Å². The Morgan fingerprint density at radius 3 is 2.53 bits per heavy atom. The summed E-state index contributed by atoms with van der Waals surface area (Å²) < 4.78 is 13.2. The molecule has 0 fully saturated rings. The third kappa shape index (κ3) is 6.01. The van der Waals surface area contributed by atoms with Gasteiger partial charge in [-0.25, -0.2) is 9.67 Å². The second kappa shape index (κ2) is 10.9. The quantitative estimate of drug-likeness (QED) is 0.420. The zero-order chi connectivity index (χ0) is 21.2. The summed E-state index contributed by atoms with van der Waals surface area (Å²) in [5.41, 5.74) is 2.06. The molecule has 0 aliphatic heterocycles. The molecule has 7 heteroatoms. The molecule has 7 nitrogen and oxygen atoms in total. The number of para-hydroxylation sites is 3. The molecule has 30 heavy (non-hydrogen) atoms. The molecule has 0 spiro atoms. The molecule has 0 radical (unpaired) electrons. The second-order valence-electron chi connectivity index (χ2n) is 6.78. The summed E-state index contributed by atoms with van der Waals surface area (Å²) in [6.45, 7) is 5.96. The Balaban J connectivity index is 1.56. The summed E-state index contributed by atoms with van der Waals surface area (Å²) in [6, 6.07) is 17.7. The fourth-order valence-corrected chi connectivity index (χ4v) is 2.89. The van der Waals surface area contributed by atoms with Crippen molar-refractivity contribution in [1.82, 2.24) is 20.4 Å². The zero-order valence-electron chi connectivity index (χ0n) is 17.7. The summed E-state index contributed by atoms with van der Waals surface area (Å²) in [7, 11) is 1.64. The normalized spacial score (nSPS) is 12.3. The van der Waals surface area contributed by atoms with Crippen LogP contribution >= 0.6 is 0 Å². The van der Waals surface area contributed by atoms with E-state index in [-0.39, 0.29) is 6.10 Å². The fraction of sp³-hybridized carbons (Fsp3) is 0.304. The Morgan fingerprint density at radius 2 is 1.80 bits per heavy atom. The van der Waals surface area contributed by atoms with Gasteiger partial charge >= 0.3 is 0 Å². The summed E-state index contributed by atoms with van der Waals surface area (Å²) in [5, 5.41) is 11.0. The number of hydrogen-bond donors (Lipinski definition) is 2. The van der Waals surface area contributed by atoms with Gasteiger partial charge in [0.05, 0.1) is 32.1 Å². The maximum Gasteiger partial charge on any atom is 0.191 e. The Kier molecular flexibility index (Phi) is 7.71. The molecule has 3 rings (SSSR count). The molecule has 2 N–H and O–H groups in total. The third-order valence-electron chi connectivity index (χ3n) is 4.37. The van der Waals surface area contributed by atoms with Crippen molar-refractivity contribution in [2.45, 2.75) is 26.5 Å². The fourth-order valence-electron chi connectivity index (χ4n) is 2.89. The predicted molar refractivity (Wildman–Crippen MR) is 119 cm³/mol. The second-order valence-corrected chi connectivity index (χ2v) is 6.78. The highest BCUT2D eigenvalue weighted by molar-refractivity contribution is 5.79. The van der Waals surface area contributed by atoms with Gasteiger partial charge in [-0.2, -0.15) is 5.10 Å². The number of rotatable bonds is 9. The maximum absolute atomic E-state index is 6.00. The molecule has 0 aliphatic carbocycles. The van der Waals surface area contributed by atoms with Crippen molar-refractivity contribution < 1.29 is 9.47 Å². The Labute approximate surface area is 177 Å². The number of methoxy groups -OCH3 is 1. The number of aromatic nitrogens is 2. The minimum atomic E-state index is -0.0639. The van der Waals surface area contributed by atoms with E-state index in [2.05, 4.69) is 20.7 Å². The molecule has 158 valence electrons. The lowest BCUT2D eigenvalue weighted by atomic mass is 10.3. The van der Waals surface area contributed by atoms with E-state index >= 15 is 0 Å². The van der Waals surface area contributed by atoms with Crippen LogP contribution in [-0.4, -0.2) is 42.0 Å². The average Bonchev–Trinajstić information content (AvgIpc) is 3.26. The van der Waals surface area contributed by atoms with E-state index in [1.165, 1.54) is 0 Å². The average molecular weight is 408 g/mol. The van der Waals surface area contributed by atoms with Crippen LogP contribution in [0.15, 0.2) is 72.0 Å². The number of guanidine groups is 1. The van der Waals surface area contributed by atoms with Crippen molar-refractivity contribution in [3.63, 3.8) is 0 Å². The lowest BCUT2D eigenvalue weighted by molar-refractivity contribution is 0.213. The van der Waals surface area contributed by atoms with Crippen molar-refractivity contribution in [3.05, 3.63) is 72.6 Å². The predicted octanol–water partition coefficient (Wildman–Crippen LogP) is 3.40. The summed E-state index contributed by atoms with van der Waals surface area (Å²) in [4.78, 5) is 4.66. The lowest BCUT2D eigenvalue weighted by Gasteiger charge is -2.19. The van der Waals surface area contributed by atoms with Crippen LogP contribution in [0, 0.1) is 0 Å². The highest BCUT2D eigenvalue weighted by Gasteiger charge is 2.09. The molecule has 0 saturated heterocycles. The van der Waals surface area contributed by atoms with Gasteiger partial charge in [0.25, 0.3) is 0 Å². The van der Waals surface area contributed by atoms with Gasteiger partial charge in [-0.15, -0.1) is 0 Å². The summed E-state index contributed by atoms with van der Waals surface area (Å²) >= 11 is 0. The monoisotopic (exact) mass is 407 g/mol. The van der Waals surface area contributed by atoms with E-state index in [0.29, 0.717) is 13.1 Å². The first-order valence-corrected chi connectivity index (χ1v) is 10.1. The van der Waals surface area contributed by atoms with Crippen LogP contribution in [0.5, 0.6) is 11.5 Å². The smallest absolute Gasteiger partial charge is 0.191 e. The number of aliphatic imine (C=N–C) groups is 1. The summed E-state index contributed by atoms with van der Waals surface area (Å²) in [6.07, 6.45) is 3.77. The van der Waals surface area contributed by atoms with Crippen molar-refractivity contribution in [3.8, 4) is 17.2 Å². The van der Waals surface area contributed by atoms with Gasteiger partial charge in [-0.1, -0.05) is 30.3 Å². The van der Waals surface area contributed by atoms with E-state index in [1.54, 1.807) is 7.11 Å². The highest BCUT2D eigenvalue weighted by Crippen LogP contribution is 2.26. The molecule has 0 aliphatic rings. The minimum absolute atomic E-state index is 0.0639. The van der Waals surface area contributed by atoms with Crippen molar-refractivity contribution in [1.29, 1.82) is 0 Å². The minimum Gasteiger partial charge on any atom is -0.493 e. The molecule has 1 aromatic heterocycles. The SMILES string of the molecule is CCNC(=NCc1cnn(-c2ccccc2)c1)NCC(C)Oc1ccccc1OC. The van der Waals surface area contributed by atoms with E-state index < -0.39 is 0 Å². The molecule has 1 heterocycles. The van der Waals surface area contributed by atoms with Gasteiger partial charge < -0.3 is 20.1 Å². The van der Waals surface area contributed by atoms with Crippen LogP contribution < -0.4 is 20.1 Å².